The Labute approximate surface area is 368 Å². The van der Waals surface area contributed by atoms with Crippen molar-refractivity contribution >= 4 is 17.1 Å². The zero-order chi connectivity index (χ0) is 41.7. The SMILES string of the molecule is c1ccc(-c2ccc(N(c3ccc(-c4ccc5c(c4)C4(c6cc(-c7ccccc7)ccc6O5)c5ccccc5-c5ccccc54)cc3)c3cccc(-c4ccccc4)c3)cc2)cc1. The van der Waals surface area contributed by atoms with Gasteiger partial charge in [-0.1, -0.05) is 188 Å². The van der Waals surface area contributed by atoms with Crippen LogP contribution in [0.15, 0.2) is 249 Å². The van der Waals surface area contributed by atoms with Crippen LogP contribution in [0.2, 0.25) is 0 Å². The summed E-state index contributed by atoms with van der Waals surface area (Å²) in [6, 6.07) is 89.9. The highest BCUT2D eigenvalue weighted by molar-refractivity contribution is 5.90. The number of fused-ring (bicyclic) bond motifs is 9. The van der Waals surface area contributed by atoms with Crippen molar-refractivity contribution in [3.05, 3.63) is 271 Å². The van der Waals surface area contributed by atoms with E-state index in [0.29, 0.717) is 0 Å². The Hall–Kier alpha value is -8.20. The van der Waals surface area contributed by atoms with E-state index >= 15 is 0 Å². The van der Waals surface area contributed by atoms with Gasteiger partial charge in [0.1, 0.15) is 11.5 Å². The van der Waals surface area contributed by atoms with Crippen LogP contribution in [0.3, 0.4) is 0 Å². The fraction of sp³-hybridized carbons (Fsp3) is 0.0164. The number of anilines is 3. The second kappa shape index (κ2) is 15.1. The van der Waals surface area contributed by atoms with Gasteiger partial charge in [0.05, 0.1) is 5.41 Å². The Morgan fingerprint density at radius 1 is 0.254 bits per heavy atom. The van der Waals surface area contributed by atoms with E-state index in [4.69, 9.17) is 4.74 Å². The van der Waals surface area contributed by atoms with Crippen LogP contribution < -0.4 is 9.64 Å². The quantitative estimate of drug-likeness (QED) is 0.159. The van der Waals surface area contributed by atoms with Crippen LogP contribution >= 0.6 is 0 Å². The fourth-order valence-corrected chi connectivity index (χ4v) is 10.0. The van der Waals surface area contributed by atoms with Gasteiger partial charge < -0.3 is 9.64 Å². The van der Waals surface area contributed by atoms with Crippen molar-refractivity contribution in [2.75, 3.05) is 4.90 Å². The van der Waals surface area contributed by atoms with Crippen molar-refractivity contribution in [3.63, 3.8) is 0 Å². The van der Waals surface area contributed by atoms with Gasteiger partial charge >= 0.3 is 0 Å². The maximum Gasteiger partial charge on any atom is 0.132 e. The summed E-state index contributed by atoms with van der Waals surface area (Å²) in [5.74, 6) is 1.77. The normalized spacial score (nSPS) is 12.7. The molecule has 0 amide bonds. The third-order valence-corrected chi connectivity index (χ3v) is 12.9. The van der Waals surface area contributed by atoms with Crippen LogP contribution in [0.4, 0.5) is 17.1 Å². The highest BCUT2D eigenvalue weighted by Crippen LogP contribution is 2.62. The molecule has 63 heavy (non-hydrogen) atoms. The number of hydrogen-bond acceptors (Lipinski definition) is 2. The Morgan fingerprint density at radius 3 is 1.11 bits per heavy atom. The molecule has 2 heteroatoms. The molecule has 1 aliphatic carbocycles. The van der Waals surface area contributed by atoms with Gasteiger partial charge in [-0.25, -0.2) is 0 Å². The van der Waals surface area contributed by atoms with Crippen LogP contribution in [-0.2, 0) is 5.41 Å². The zero-order valence-electron chi connectivity index (χ0n) is 34.5. The minimum atomic E-state index is -0.580. The first-order valence-corrected chi connectivity index (χ1v) is 21.7. The minimum Gasteiger partial charge on any atom is -0.457 e. The molecular weight excluding hydrogens is 763 g/mol. The first-order valence-electron chi connectivity index (χ1n) is 21.7. The van der Waals surface area contributed by atoms with E-state index in [1.165, 1.54) is 55.6 Å². The van der Waals surface area contributed by atoms with E-state index in [-0.39, 0.29) is 0 Å². The van der Waals surface area contributed by atoms with E-state index in [0.717, 1.165) is 50.8 Å². The van der Waals surface area contributed by atoms with E-state index in [9.17, 15) is 0 Å². The van der Waals surface area contributed by atoms with E-state index in [2.05, 4.69) is 254 Å². The molecule has 296 valence electrons. The molecule has 0 N–H and O–H groups in total. The highest BCUT2D eigenvalue weighted by Gasteiger charge is 2.51. The van der Waals surface area contributed by atoms with Gasteiger partial charge in [-0.3, -0.25) is 0 Å². The van der Waals surface area contributed by atoms with Crippen molar-refractivity contribution < 1.29 is 4.74 Å². The Bertz CT molecular complexity index is 3240. The Morgan fingerprint density at radius 2 is 0.619 bits per heavy atom. The molecule has 0 saturated heterocycles. The fourth-order valence-electron chi connectivity index (χ4n) is 10.0. The lowest BCUT2D eigenvalue weighted by atomic mass is 9.65. The van der Waals surface area contributed by atoms with Crippen molar-refractivity contribution in [1.29, 1.82) is 0 Å². The predicted molar refractivity (Wildman–Crippen MR) is 260 cm³/mol. The molecule has 10 aromatic rings. The summed E-state index contributed by atoms with van der Waals surface area (Å²) < 4.78 is 6.90. The molecule has 10 aromatic carbocycles. The first kappa shape index (κ1) is 36.6. The second-order valence-electron chi connectivity index (χ2n) is 16.4. The summed E-state index contributed by atoms with van der Waals surface area (Å²) in [6.45, 7) is 0. The minimum absolute atomic E-state index is 0.580. The van der Waals surface area contributed by atoms with Crippen LogP contribution in [0.1, 0.15) is 22.3 Å². The van der Waals surface area contributed by atoms with Crippen LogP contribution in [0, 0.1) is 0 Å². The molecule has 1 spiro atoms. The molecule has 12 rings (SSSR count). The topological polar surface area (TPSA) is 12.5 Å². The summed E-state index contributed by atoms with van der Waals surface area (Å²) >= 11 is 0. The maximum atomic E-state index is 6.90. The molecule has 0 atom stereocenters. The molecule has 0 fully saturated rings. The predicted octanol–water partition coefficient (Wildman–Crippen LogP) is 16.3. The molecule has 1 aliphatic heterocycles. The van der Waals surface area contributed by atoms with E-state index in [1.807, 2.05) is 0 Å². The smallest absolute Gasteiger partial charge is 0.132 e. The largest absolute Gasteiger partial charge is 0.457 e. The Kier molecular flexibility index (Phi) is 8.76. The number of nitrogens with zero attached hydrogens (tertiary/aromatic N) is 1. The third kappa shape index (κ3) is 6.10. The Balaban J connectivity index is 0.988. The first-order chi connectivity index (χ1) is 31.2. The van der Waals surface area contributed by atoms with Crippen molar-refractivity contribution in [1.82, 2.24) is 0 Å². The molecule has 2 aliphatic rings. The van der Waals surface area contributed by atoms with Gasteiger partial charge in [0.15, 0.2) is 0 Å². The summed E-state index contributed by atoms with van der Waals surface area (Å²) in [5, 5.41) is 0. The monoisotopic (exact) mass is 803 g/mol. The summed E-state index contributed by atoms with van der Waals surface area (Å²) in [7, 11) is 0. The van der Waals surface area contributed by atoms with Gasteiger partial charge in [-0.05, 0) is 127 Å². The molecule has 0 radical (unpaired) electrons. The molecule has 0 aromatic heterocycles. The van der Waals surface area contributed by atoms with Crippen molar-refractivity contribution in [3.8, 4) is 67.1 Å². The standard InChI is InChI=1S/C61H41NO/c1-4-15-42(16-5-1)45-27-33-50(34-28-45)62(52-22-14-21-47(39-52)43-17-6-2-7-18-43)51-35-29-46(30-36-51)49-32-38-60-58(41-49)61(55-25-12-10-23-53(55)54-24-11-13-26-56(54)61)57-40-48(31-37-59(57)63-60)44-19-8-3-9-20-44/h1-41H. The lowest BCUT2D eigenvalue weighted by molar-refractivity contribution is 0.436. The summed E-state index contributed by atoms with van der Waals surface area (Å²) in [4.78, 5) is 2.36. The average molecular weight is 804 g/mol. The van der Waals surface area contributed by atoms with Gasteiger partial charge in [0.25, 0.3) is 0 Å². The molecule has 0 bridgehead atoms. The number of hydrogen-bond donors (Lipinski definition) is 0. The molecule has 0 unspecified atom stereocenters. The maximum absolute atomic E-state index is 6.90. The number of ether oxygens (including phenoxy) is 1. The lowest BCUT2D eigenvalue weighted by Gasteiger charge is -2.40. The molecule has 1 heterocycles. The van der Waals surface area contributed by atoms with Crippen LogP contribution in [0.5, 0.6) is 11.5 Å². The van der Waals surface area contributed by atoms with Crippen LogP contribution in [-0.4, -0.2) is 0 Å². The summed E-state index contributed by atoms with van der Waals surface area (Å²) in [5.41, 5.74) is 19.5. The number of benzene rings is 10. The van der Waals surface area contributed by atoms with Crippen molar-refractivity contribution in [2.45, 2.75) is 5.41 Å². The molecule has 0 saturated carbocycles. The second-order valence-corrected chi connectivity index (χ2v) is 16.4. The molecule has 2 nitrogen and oxygen atoms in total. The third-order valence-electron chi connectivity index (χ3n) is 12.9. The van der Waals surface area contributed by atoms with E-state index in [1.54, 1.807) is 0 Å². The van der Waals surface area contributed by atoms with E-state index < -0.39 is 5.41 Å². The van der Waals surface area contributed by atoms with Gasteiger partial charge in [-0.2, -0.15) is 0 Å². The molecular formula is C61H41NO. The summed E-state index contributed by atoms with van der Waals surface area (Å²) in [6.07, 6.45) is 0. The van der Waals surface area contributed by atoms with Gasteiger partial charge in [-0.15, -0.1) is 0 Å². The van der Waals surface area contributed by atoms with Gasteiger partial charge in [0.2, 0.25) is 0 Å². The zero-order valence-corrected chi connectivity index (χ0v) is 34.5. The number of rotatable bonds is 7. The lowest BCUT2D eigenvalue weighted by Crippen LogP contribution is -2.32. The van der Waals surface area contributed by atoms with Crippen molar-refractivity contribution in [2.24, 2.45) is 0 Å². The average Bonchev–Trinajstić information content (AvgIpc) is 3.66. The van der Waals surface area contributed by atoms with Gasteiger partial charge in [0, 0.05) is 28.2 Å². The van der Waals surface area contributed by atoms with Crippen LogP contribution in [0.25, 0.3) is 55.6 Å². The highest BCUT2D eigenvalue weighted by atomic mass is 16.5.